The van der Waals surface area contributed by atoms with Gasteiger partial charge in [0.15, 0.2) is 0 Å². The first-order valence-electron chi connectivity index (χ1n) is 13.7. The number of hydrogen-bond donors (Lipinski definition) is 1. The molecule has 1 aliphatic carbocycles. The molecule has 2 aromatic carbocycles. The summed E-state index contributed by atoms with van der Waals surface area (Å²) in [7, 11) is 0. The van der Waals surface area contributed by atoms with Crippen LogP contribution in [0, 0.1) is 18.8 Å². The van der Waals surface area contributed by atoms with Crippen molar-refractivity contribution in [3.8, 4) is 5.75 Å². The maximum Gasteiger partial charge on any atom is 0.270 e. The van der Waals surface area contributed by atoms with Gasteiger partial charge in [0.2, 0.25) is 5.91 Å². The van der Waals surface area contributed by atoms with Crippen LogP contribution in [0.15, 0.2) is 47.8 Å². The fourth-order valence-corrected chi connectivity index (χ4v) is 6.14. The van der Waals surface area contributed by atoms with Crippen molar-refractivity contribution in [2.45, 2.75) is 65.5 Å². The zero-order valence-corrected chi connectivity index (χ0v) is 23.4. The van der Waals surface area contributed by atoms with Crippen molar-refractivity contribution in [1.82, 2.24) is 15.2 Å². The Morgan fingerprint density at radius 3 is 2.63 bits per heavy atom. The standard InChI is InChI=1S/C31H37N3O3S/c1-20(2)17-32-30(35)27-19-38-28(33-27)18-37-25-13-12-22-14-15-34(31(36)24-6-4-5-7-24)29(26(22)16-25)23-10-8-21(3)9-11-23/h8-13,16,19-20,24,29H,4-7,14-15,17-18H2,1-3H3,(H,32,35)/t29-/m1/s1. The average molecular weight is 532 g/mol. The van der Waals surface area contributed by atoms with Crippen LogP contribution in [0.25, 0.3) is 0 Å². The van der Waals surface area contributed by atoms with E-state index >= 15 is 0 Å². The van der Waals surface area contributed by atoms with Gasteiger partial charge >= 0.3 is 0 Å². The highest BCUT2D eigenvalue weighted by Crippen LogP contribution is 2.40. The lowest BCUT2D eigenvalue weighted by Gasteiger charge is -2.39. The number of hydrogen-bond acceptors (Lipinski definition) is 5. The smallest absolute Gasteiger partial charge is 0.270 e. The largest absolute Gasteiger partial charge is 0.486 e. The Morgan fingerprint density at radius 2 is 1.89 bits per heavy atom. The second-order valence-electron chi connectivity index (χ2n) is 11.0. The molecular formula is C31H37N3O3S. The summed E-state index contributed by atoms with van der Waals surface area (Å²) < 4.78 is 6.16. The van der Waals surface area contributed by atoms with Crippen molar-refractivity contribution in [2.24, 2.45) is 11.8 Å². The lowest BCUT2D eigenvalue weighted by atomic mass is 9.86. The molecule has 1 fully saturated rings. The predicted molar refractivity (Wildman–Crippen MR) is 150 cm³/mol. The fourth-order valence-electron chi connectivity index (χ4n) is 5.45. The molecular weight excluding hydrogens is 494 g/mol. The maximum atomic E-state index is 13.7. The van der Waals surface area contributed by atoms with E-state index in [9.17, 15) is 9.59 Å². The van der Waals surface area contributed by atoms with E-state index < -0.39 is 0 Å². The van der Waals surface area contributed by atoms with Gasteiger partial charge in [-0.25, -0.2) is 4.98 Å². The van der Waals surface area contributed by atoms with Gasteiger partial charge in [-0.1, -0.05) is 62.6 Å². The van der Waals surface area contributed by atoms with Gasteiger partial charge in [0, 0.05) is 24.4 Å². The number of fused-ring (bicyclic) bond motifs is 1. The van der Waals surface area contributed by atoms with Gasteiger partial charge in [-0.2, -0.15) is 0 Å². The molecule has 38 heavy (non-hydrogen) atoms. The molecule has 0 saturated heterocycles. The third-order valence-electron chi connectivity index (χ3n) is 7.54. The van der Waals surface area contributed by atoms with E-state index in [4.69, 9.17) is 4.74 Å². The Balaban J connectivity index is 1.36. The van der Waals surface area contributed by atoms with Crippen molar-refractivity contribution in [3.63, 3.8) is 0 Å². The first kappa shape index (κ1) is 26.4. The van der Waals surface area contributed by atoms with Crippen molar-refractivity contribution >= 4 is 23.2 Å². The Hall–Kier alpha value is -3.19. The number of ether oxygens (including phenoxy) is 1. The SMILES string of the molecule is Cc1ccc([C@@H]2c3cc(OCc4nc(C(=O)NCC(C)C)cs4)ccc3CCN2C(=O)C2CCCC2)cc1. The number of thiazole rings is 1. The van der Waals surface area contributed by atoms with Crippen LogP contribution in [-0.2, 0) is 17.8 Å². The van der Waals surface area contributed by atoms with Crippen molar-refractivity contribution in [3.05, 3.63) is 80.8 Å². The summed E-state index contributed by atoms with van der Waals surface area (Å²) in [6.45, 7) is 7.87. The van der Waals surface area contributed by atoms with E-state index in [2.05, 4.69) is 72.4 Å². The van der Waals surface area contributed by atoms with E-state index in [1.165, 1.54) is 22.5 Å². The van der Waals surface area contributed by atoms with Crippen LogP contribution in [0.1, 0.15) is 83.3 Å². The van der Waals surface area contributed by atoms with E-state index in [1.807, 2.05) is 6.07 Å². The molecule has 1 aliphatic heterocycles. The lowest BCUT2D eigenvalue weighted by Crippen LogP contribution is -2.43. The molecule has 0 bridgehead atoms. The molecule has 0 radical (unpaired) electrons. The zero-order valence-electron chi connectivity index (χ0n) is 22.5. The van der Waals surface area contributed by atoms with Gasteiger partial charge in [-0.05, 0) is 60.9 Å². The highest BCUT2D eigenvalue weighted by atomic mass is 32.1. The normalized spacial score (nSPS) is 17.5. The van der Waals surface area contributed by atoms with E-state index in [0.717, 1.165) is 60.5 Å². The zero-order chi connectivity index (χ0) is 26.6. The Morgan fingerprint density at radius 1 is 1.13 bits per heavy atom. The van der Waals surface area contributed by atoms with Crippen molar-refractivity contribution in [2.75, 3.05) is 13.1 Å². The molecule has 6 nitrogen and oxygen atoms in total. The van der Waals surface area contributed by atoms with Crippen LogP contribution in [0.2, 0.25) is 0 Å². The molecule has 2 heterocycles. The van der Waals surface area contributed by atoms with Crippen LogP contribution >= 0.6 is 11.3 Å². The first-order chi connectivity index (χ1) is 18.4. The quantitative estimate of drug-likeness (QED) is 0.382. The number of nitrogens with one attached hydrogen (secondary N) is 1. The van der Waals surface area contributed by atoms with Crippen LogP contribution in [0.4, 0.5) is 0 Å². The summed E-state index contributed by atoms with van der Waals surface area (Å²) in [5.74, 6) is 1.41. The van der Waals surface area contributed by atoms with Crippen LogP contribution in [-0.4, -0.2) is 34.8 Å². The summed E-state index contributed by atoms with van der Waals surface area (Å²) in [6, 6.07) is 14.7. The predicted octanol–water partition coefficient (Wildman–Crippen LogP) is 6.08. The first-order valence-corrected chi connectivity index (χ1v) is 14.6. The molecule has 1 aromatic heterocycles. The number of nitrogens with zero attached hydrogens (tertiary/aromatic N) is 2. The Kier molecular flexibility index (Phi) is 8.12. The summed E-state index contributed by atoms with van der Waals surface area (Å²) in [6.07, 6.45) is 5.13. The van der Waals surface area contributed by atoms with Gasteiger partial charge in [0.1, 0.15) is 23.1 Å². The highest BCUT2D eigenvalue weighted by molar-refractivity contribution is 7.09. The van der Waals surface area contributed by atoms with Crippen LogP contribution in [0.5, 0.6) is 5.75 Å². The van der Waals surface area contributed by atoms with Gasteiger partial charge in [-0.15, -0.1) is 11.3 Å². The monoisotopic (exact) mass is 531 g/mol. The van der Waals surface area contributed by atoms with Crippen molar-refractivity contribution < 1.29 is 14.3 Å². The number of rotatable bonds is 8. The maximum absolute atomic E-state index is 13.7. The summed E-state index contributed by atoms with van der Waals surface area (Å²) >= 11 is 1.43. The van der Waals surface area contributed by atoms with Gasteiger partial charge in [0.05, 0.1) is 6.04 Å². The molecule has 5 rings (SSSR count). The molecule has 1 atom stereocenters. The minimum Gasteiger partial charge on any atom is -0.486 e. The summed E-state index contributed by atoms with van der Waals surface area (Å²) in [5.41, 5.74) is 5.17. The van der Waals surface area contributed by atoms with Crippen LogP contribution < -0.4 is 10.1 Å². The third-order valence-corrected chi connectivity index (χ3v) is 8.37. The number of aromatic nitrogens is 1. The topological polar surface area (TPSA) is 71.5 Å². The number of carbonyl (C=O) groups excluding carboxylic acids is 2. The molecule has 0 spiro atoms. The average Bonchev–Trinajstić information content (AvgIpc) is 3.63. The molecule has 0 unspecified atom stereocenters. The second kappa shape index (κ2) is 11.7. The summed E-state index contributed by atoms with van der Waals surface area (Å²) in [4.78, 5) is 32.6. The fraction of sp³-hybridized carbons (Fsp3) is 0.452. The van der Waals surface area contributed by atoms with Crippen molar-refractivity contribution in [1.29, 1.82) is 0 Å². The second-order valence-corrected chi connectivity index (χ2v) is 11.9. The molecule has 2 amide bonds. The van der Waals surface area contributed by atoms with Gasteiger partial charge in [-0.3, -0.25) is 9.59 Å². The lowest BCUT2D eigenvalue weighted by molar-refractivity contribution is -0.137. The van der Waals surface area contributed by atoms with Gasteiger partial charge < -0.3 is 15.0 Å². The van der Waals surface area contributed by atoms with Crippen LogP contribution in [0.3, 0.4) is 0 Å². The third kappa shape index (κ3) is 5.93. The van der Waals surface area contributed by atoms with E-state index in [1.54, 1.807) is 5.38 Å². The Labute approximate surface area is 229 Å². The molecule has 200 valence electrons. The number of amides is 2. The van der Waals surface area contributed by atoms with Gasteiger partial charge in [0.25, 0.3) is 5.91 Å². The molecule has 3 aromatic rings. The molecule has 2 aliphatic rings. The Bertz CT molecular complexity index is 1280. The number of carbonyl (C=O) groups is 2. The number of benzene rings is 2. The minimum atomic E-state index is -0.150. The molecule has 1 N–H and O–H groups in total. The number of aryl methyl sites for hydroxylation is 1. The minimum absolute atomic E-state index is 0.118. The molecule has 1 saturated carbocycles. The summed E-state index contributed by atoms with van der Waals surface area (Å²) in [5, 5.41) is 5.44. The van der Waals surface area contributed by atoms with E-state index in [-0.39, 0.29) is 23.8 Å². The van der Waals surface area contributed by atoms with E-state index in [0.29, 0.717) is 24.8 Å². The highest BCUT2D eigenvalue weighted by Gasteiger charge is 2.36. The molecule has 7 heteroatoms.